The Labute approximate surface area is 240 Å². The van der Waals surface area contributed by atoms with Gasteiger partial charge in [-0.15, -0.1) is 0 Å². The van der Waals surface area contributed by atoms with Crippen LogP contribution in [-0.4, -0.2) is 91.5 Å². The summed E-state index contributed by atoms with van der Waals surface area (Å²) in [4.78, 5) is 23.9. The topological polar surface area (TPSA) is 185 Å². The molecule has 0 saturated heterocycles. The van der Waals surface area contributed by atoms with Crippen molar-refractivity contribution in [3.8, 4) is 34.5 Å². The maximum absolute atomic E-state index is 12.3. The van der Waals surface area contributed by atoms with Crippen molar-refractivity contribution in [1.29, 1.82) is 0 Å². The number of carboxylic acids is 1. The van der Waals surface area contributed by atoms with Crippen LogP contribution >= 0.6 is 0 Å². The minimum atomic E-state index is -1.58. The van der Waals surface area contributed by atoms with Crippen LogP contribution < -0.4 is 0 Å². The zero-order valence-corrected chi connectivity index (χ0v) is 21.5. The van der Waals surface area contributed by atoms with E-state index in [2.05, 4.69) is 0 Å². The summed E-state index contributed by atoms with van der Waals surface area (Å²) >= 11 is 0. The molecule has 0 aliphatic rings. The van der Waals surface area contributed by atoms with E-state index in [9.17, 15) is 45.3 Å². The zero-order valence-electron chi connectivity index (χ0n) is 19.3. The largest absolute Gasteiger partial charge is 2.00 e. The molecule has 0 unspecified atom stereocenters. The Hall–Kier alpha value is -3.86. The second-order valence-corrected chi connectivity index (χ2v) is 7.64. The van der Waals surface area contributed by atoms with E-state index < -0.39 is 35.3 Å². The van der Waals surface area contributed by atoms with Crippen LogP contribution in [0.15, 0.2) is 54.6 Å². The molecule has 0 aliphatic carbocycles. The van der Waals surface area contributed by atoms with E-state index in [-0.39, 0.29) is 72.5 Å². The minimum absolute atomic E-state index is 0. The fourth-order valence-corrected chi connectivity index (χ4v) is 3.18. The summed E-state index contributed by atoms with van der Waals surface area (Å²) in [6.45, 7) is 0. The van der Waals surface area contributed by atoms with Gasteiger partial charge in [0.05, 0.1) is 0 Å². The molecule has 1 atom stereocenters. The molecule has 0 aromatic heterocycles. The number of carbonyl (C=O) groups is 2. The number of esters is 1. The third-order valence-electron chi connectivity index (χ3n) is 5.07. The smallest absolute Gasteiger partial charge is 0.504 e. The molecule has 3 rings (SSSR count). The first kappa shape index (κ1) is 29.4. The second-order valence-electron chi connectivity index (χ2n) is 7.64. The Balaban J connectivity index is 0.00000481. The van der Waals surface area contributed by atoms with Crippen molar-refractivity contribution in [1.82, 2.24) is 0 Å². The SMILES string of the molecule is O=C(/C=C\c1ccc(O)c(O)c1/C=C/c1ccc(O)c(O)c1)O[C@H](Cc1ccc(O)c(O)c1)C(=O)O.[Ca+2]. The Kier molecular flexibility index (Phi) is 10.2. The number of aliphatic carboxylic acids is 1. The molecule has 3 aromatic carbocycles. The maximum atomic E-state index is 12.3. The molecule has 0 amide bonds. The van der Waals surface area contributed by atoms with Gasteiger partial charge in [-0.1, -0.05) is 24.3 Å². The number of hydrogen-bond acceptors (Lipinski definition) is 9. The van der Waals surface area contributed by atoms with Crippen LogP contribution in [0, 0.1) is 0 Å². The van der Waals surface area contributed by atoms with Gasteiger partial charge in [0.1, 0.15) is 0 Å². The van der Waals surface area contributed by atoms with E-state index in [4.69, 9.17) is 4.74 Å². The minimum Gasteiger partial charge on any atom is -0.504 e. The molecular formula is C26H22CaO10+2. The zero-order chi connectivity index (χ0) is 26.4. The molecule has 10 nitrogen and oxygen atoms in total. The van der Waals surface area contributed by atoms with Gasteiger partial charge in [0.15, 0.2) is 34.5 Å². The van der Waals surface area contributed by atoms with E-state index in [1.165, 1.54) is 60.7 Å². The van der Waals surface area contributed by atoms with Crippen LogP contribution in [0.2, 0.25) is 0 Å². The fraction of sp³-hybridized carbons (Fsp3) is 0.0769. The van der Waals surface area contributed by atoms with Crippen LogP contribution in [0.5, 0.6) is 34.5 Å². The molecule has 37 heavy (non-hydrogen) atoms. The summed E-state index contributed by atoms with van der Waals surface area (Å²) in [5.41, 5.74) is 1.16. The van der Waals surface area contributed by atoms with Crippen molar-refractivity contribution in [2.45, 2.75) is 12.5 Å². The van der Waals surface area contributed by atoms with Crippen molar-refractivity contribution in [3.05, 3.63) is 76.9 Å². The van der Waals surface area contributed by atoms with Gasteiger partial charge >= 0.3 is 49.7 Å². The molecule has 186 valence electrons. The number of benzene rings is 3. The predicted octanol–water partition coefficient (Wildman–Crippen LogP) is 2.96. The van der Waals surface area contributed by atoms with Crippen molar-refractivity contribution >= 4 is 67.9 Å². The Morgan fingerprint density at radius 1 is 0.757 bits per heavy atom. The van der Waals surface area contributed by atoms with Crippen LogP contribution in [-0.2, 0) is 20.7 Å². The van der Waals surface area contributed by atoms with E-state index in [0.29, 0.717) is 11.1 Å². The van der Waals surface area contributed by atoms with E-state index in [0.717, 1.165) is 12.1 Å². The number of phenols is 6. The van der Waals surface area contributed by atoms with E-state index in [1.54, 1.807) is 0 Å². The average molecular weight is 535 g/mol. The van der Waals surface area contributed by atoms with Gasteiger partial charge < -0.3 is 40.5 Å². The quantitative estimate of drug-likeness (QED) is 0.0745. The van der Waals surface area contributed by atoms with Gasteiger partial charge in [-0.2, -0.15) is 0 Å². The van der Waals surface area contributed by atoms with Crippen LogP contribution in [0.3, 0.4) is 0 Å². The van der Waals surface area contributed by atoms with Crippen molar-refractivity contribution in [2.75, 3.05) is 0 Å². The number of carbonyl (C=O) groups excluding carboxylic acids is 1. The summed E-state index contributed by atoms with van der Waals surface area (Å²) in [5.74, 6) is -4.82. The molecule has 0 bridgehead atoms. The first-order valence-electron chi connectivity index (χ1n) is 10.4. The summed E-state index contributed by atoms with van der Waals surface area (Å²) in [7, 11) is 0. The summed E-state index contributed by atoms with van der Waals surface area (Å²) in [5, 5.41) is 67.5. The molecule has 0 heterocycles. The molecule has 3 aromatic rings. The molecule has 0 saturated carbocycles. The van der Waals surface area contributed by atoms with Gasteiger partial charge in [0, 0.05) is 18.1 Å². The molecule has 0 radical (unpaired) electrons. The molecular weight excluding hydrogens is 512 g/mol. The van der Waals surface area contributed by atoms with Crippen LogP contribution in [0.1, 0.15) is 22.3 Å². The summed E-state index contributed by atoms with van der Waals surface area (Å²) in [6.07, 6.45) is 3.23. The number of carboxylic acid groups (broad SMARTS) is 1. The second kappa shape index (κ2) is 12.9. The average Bonchev–Trinajstić information content (AvgIpc) is 2.83. The monoisotopic (exact) mass is 534 g/mol. The first-order valence-corrected chi connectivity index (χ1v) is 10.4. The molecule has 11 heteroatoms. The number of rotatable bonds is 8. The van der Waals surface area contributed by atoms with Gasteiger partial charge in [-0.25, -0.2) is 9.59 Å². The molecule has 0 aliphatic heterocycles. The normalized spacial score (nSPS) is 11.8. The van der Waals surface area contributed by atoms with E-state index >= 15 is 0 Å². The van der Waals surface area contributed by atoms with Crippen molar-refractivity contribution < 1.29 is 50.1 Å². The van der Waals surface area contributed by atoms with Gasteiger partial charge in [-0.05, 0) is 59.2 Å². The molecule has 7 N–H and O–H groups in total. The first-order chi connectivity index (χ1) is 17.0. The number of ether oxygens (including phenoxy) is 1. The Morgan fingerprint density at radius 3 is 2.00 bits per heavy atom. The van der Waals surface area contributed by atoms with Crippen molar-refractivity contribution in [2.24, 2.45) is 0 Å². The Bertz CT molecular complexity index is 1360. The summed E-state index contributed by atoms with van der Waals surface area (Å²) < 4.78 is 5.00. The fourth-order valence-electron chi connectivity index (χ4n) is 3.18. The van der Waals surface area contributed by atoms with E-state index in [1.807, 2.05) is 0 Å². The third-order valence-corrected chi connectivity index (χ3v) is 5.07. The number of phenolic OH excluding ortho intramolecular Hbond substituents is 6. The Morgan fingerprint density at radius 2 is 1.38 bits per heavy atom. The maximum Gasteiger partial charge on any atom is 2.00 e. The predicted molar refractivity (Wildman–Crippen MR) is 134 cm³/mol. The van der Waals surface area contributed by atoms with Gasteiger partial charge in [0.2, 0.25) is 6.10 Å². The standard InChI is InChI=1S/C26H22O10.Ca/c27-18-7-2-14(11-21(18)30)1-6-17-16(4-9-20(29)25(17)33)5-10-24(32)36-23(26(34)35)13-15-3-8-19(28)22(31)12-15;/h1-12,23,27-31,33H,13H2,(H,34,35);/q;+2/b6-1+,10-5-;/t23-;/m1./s1. The van der Waals surface area contributed by atoms with Crippen LogP contribution in [0.25, 0.3) is 18.2 Å². The number of aromatic hydroxyl groups is 6. The van der Waals surface area contributed by atoms with Crippen molar-refractivity contribution in [3.63, 3.8) is 0 Å². The van der Waals surface area contributed by atoms with Crippen LogP contribution in [0.4, 0.5) is 0 Å². The summed E-state index contributed by atoms with van der Waals surface area (Å²) in [6, 6.07) is 10.4. The molecule has 0 fully saturated rings. The molecule has 0 spiro atoms. The van der Waals surface area contributed by atoms with Gasteiger partial charge in [0.25, 0.3) is 0 Å². The van der Waals surface area contributed by atoms with Gasteiger partial charge in [-0.3, -0.25) is 0 Å². The number of hydrogen-bond donors (Lipinski definition) is 7. The third kappa shape index (κ3) is 7.81.